The molecule has 0 aliphatic carbocycles. The average Bonchev–Trinajstić information content (AvgIpc) is 2.26. The summed E-state index contributed by atoms with van der Waals surface area (Å²) in [5, 5.41) is 8.52. The number of amides is 1. The van der Waals surface area contributed by atoms with Crippen LogP contribution in [0.1, 0.15) is 33.1 Å². The number of primary amides is 1. The molecule has 16 heavy (non-hydrogen) atoms. The molecule has 0 aromatic carbocycles. The van der Waals surface area contributed by atoms with E-state index < -0.39 is 0 Å². The number of esters is 1. The van der Waals surface area contributed by atoms with Gasteiger partial charge in [-0.05, 0) is 19.3 Å². The number of rotatable bonds is 8. The molecular weight excluding hydrogens is 210 g/mol. The number of nitrogens with two attached hydrogens (primary N) is 1. The molecule has 0 heterocycles. The molecule has 0 fully saturated rings. The molecule has 0 bridgehead atoms. The van der Waals surface area contributed by atoms with Gasteiger partial charge in [0.25, 0.3) is 0 Å². The Morgan fingerprint density at radius 3 is 2.44 bits per heavy atom. The second kappa shape index (κ2) is 8.10. The summed E-state index contributed by atoms with van der Waals surface area (Å²) in [5.41, 5.74) is 5.13. The summed E-state index contributed by atoms with van der Waals surface area (Å²) >= 11 is 0. The van der Waals surface area contributed by atoms with Crippen LogP contribution in [0.3, 0.4) is 0 Å². The Kier molecular flexibility index (Phi) is 7.54. The molecule has 0 spiro atoms. The molecular formula is C11H21NO4. The molecule has 0 aliphatic rings. The van der Waals surface area contributed by atoms with E-state index in [1.54, 1.807) is 6.92 Å². The molecule has 1 amide bonds. The highest BCUT2D eigenvalue weighted by Gasteiger charge is 2.20. The van der Waals surface area contributed by atoms with Crippen molar-refractivity contribution in [3.8, 4) is 0 Å². The topological polar surface area (TPSA) is 89.6 Å². The Hall–Kier alpha value is -1.10. The van der Waals surface area contributed by atoms with Crippen LogP contribution in [0, 0.1) is 11.8 Å². The number of hydrogen-bond donors (Lipinski definition) is 2. The van der Waals surface area contributed by atoms with Crippen LogP contribution in [0.2, 0.25) is 0 Å². The number of carbonyl (C=O) groups excluding carboxylic acids is 2. The van der Waals surface area contributed by atoms with E-state index in [-0.39, 0.29) is 36.9 Å². The Labute approximate surface area is 96.0 Å². The van der Waals surface area contributed by atoms with Crippen molar-refractivity contribution in [3.05, 3.63) is 0 Å². The van der Waals surface area contributed by atoms with Crippen molar-refractivity contribution in [3.63, 3.8) is 0 Å². The molecule has 5 nitrogen and oxygen atoms in total. The van der Waals surface area contributed by atoms with Gasteiger partial charge in [0.2, 0.25) is 5.91 Å². The molecule has 3 N–H and O–H groups in total. The van der Waals surface area contributed by atoms with Crippen molar-refractivity contribution in [1.29, 1.82) is 0 Å². The summed E-state index contributed by atoms with van der Waals surface area (Å²) in [7, 11) is 0. The van der Waals surface area contributed by atoms with Crippen molar-refractivity contribution in [1.82, 2.24) is 0 Å². The van der Waals surface area contributed by atoms with Crippen LogP contribution in [0.5, 0.6) is 0 Å². The summed E-state index contributed by atoms with van der Waals surface area (Å²) in [6.45, 7) is 3.49. The fourth-order valence-corrected chi connectivity index (χ4v) is 1.35. The highest BCUT2D eigenvalue weighted by Crippen LogP contribution is 2.17. The third kappa shape index (κ3) is 5.70. The summed E-state index contributed by atoms with van der Waals surface area (Å²) in [6.07, 6.45) is 1.84. The minimum Gasteiger partial charge on any atom is -0.463 e. The molecule has 0 radical (unpaired) electrons. The molecule has 0 aromatic heterocycles. The molecule has 0 aromatic rings. The van der Waals surface area contributed by atoms with E-state index in [0.717, 1.165) is 0 Å². The number of ether oxygens (including phenoxy) is 1. The third-order valence-corrected chi connectivity index (χ3v) is 2.60. The standard InChI is InChI=1S/C11H21NO4/c1-3-9(11(15)16-7-6-13)5-4-8(2)10(12)14/h8-9,13H,3-7H2,1-2H3,(H2,12,14). The lowest BCUT2D eigenvalue weighted by molar-refractivity contribution is -0.150. The molecule has 0 rings (SSSR count). The van der Waals surface area contributed by atoms with Crippen molar-refractivity contribution < 1.29 is 19.4 Å². The van der Waals surface area contributed by atoms with Gasteiger partial charge in [0.05, 0.1) is 12.5 Å². The van der Waals surface area contributed by atoms with E-state index in [2.05, 4.69) is 0 Å². The van der Waals surface area contributed by atoms with E-state index in [9.17, 15) is 9.59 Å². The Morgan fingerprint density at radius 1 is 1.38 bits per heavy atom. The normalized spacial score (nSPS) is 14.2. The fraction of sp³-hybridized carbons (Fsp3) is 0.818. The van der Waals surface area contributed by atoms with E-state index in [0.29, 0.717) is 19.3 Å². The van der Waals surface area contributed by atoms with Crippen LogP contribution >= 0.6 is 0 Å². The molecule has 2 atom stereocenters. The van der Waals surface area contributed by atoms with Gasteiger partial charge < -0.3 is 15.6 Å². The first-order chi connectivity index (χ1) is 7.52. The average molecular weight is 231 g/mol. The van der Waals surface area contributed by atoms with Crippen molar-refractivity contribution >= 4 is 11.9 Å². The van der Waals surface area contributed by atoms with Gasteiger partial charge >= 0.3 is 5.97 Å². The van der Waals surface area contributed by atoms with Crippen molar-refractivity contribution in [2.75, 3.05) is 13.2 Å². The summed E-state index contributed by atoms with van der Waals surface area (Å²) in [6, 6.07) is 0. The van der Waals surface area contributed by atoms with Crippen LogP contribution < -0.4 is 5.73 Å². The van der Waals surface area contributed by atoms with Crippen molar-refractivity contribution in [2.45, 2.75) is 33.1 Å². The molecule has 94 valence electrons. The molecule has 5 heteroatoms. The Bertz CT molecular complexity index is 230. The zero-order chi connectivity index (χ0) is 12.6. The maximum atomic E-state index is 11.5. The van der Waals surface area contributed by atoms with E-state index >= 15 is 0 Å². The lowest BCUT2D eigenvalue weighted by Crippen LogP contribution is -2.24. The van der Waals surface area contributed by atoms with E-state index in [1.165, 1.54) is 0 Å². The van der Waals surface area contributed by atoms with Crippen LogP contribution in [0.4, 0.5) is 0 Å². The largest absolute Gasteiger partial charge is 0.463 e. The highest BCUT2D eigenvalue weighted by molar-refractivity contribution is 5.76. The van der Waals surface area contributed by atoms with Crippen LogP contribution in [0.25, 0.3) is 0 Å². The zero-order valence-electron chi connectivity index (χ0n) is 9.94. The first kappa shape index (κ1) is 14.9. The van der Waals surface area contributed by atoms with Crippen LogP contribution in [-0.2, 0) is 14.3 Å². The fourth-order valence-electron chi connectivity index (χ4n) is 1.35. The van der Waals surface area contributed by atoms with Crippen molar-refractivity contribution in [2.24, 2.45) is 17.6 Å². The van der Waals surface area contributed by atoms with Gasteiger partial charge in [-0.1, -0.05) is 13.8 Å². The molecule has 0 aliphatic heterocycles. The van der Waals surface area contributed by atoms with E-state index in [1.807, 2.05) is 6.92 Å². The second-order valence-corrected chi connectivity index (χ2v) is 3.88. The third-order valence-electron chi connectivity index (χ3n) is 2.60. The number of aliphatic hydroxyl groups is 1. The van der Waals surface area contributed by atoms with Crippen LogP contribution in [0.15, 0.2) is 0 Å². The first-order valence-electron chi connectivity index (χ1n) is 5.59. The summed E-state index contributed by atoms with van der Waals surface area (Å²) in [5.74, 6) is -1.10. The van der Waals surface area contributed by atoms with Gasteiger partial charge in [0, 0.05) is 5.92 Å². The van der Waals surface area contributed by atoms with Gasteiger partial charge in [-0.15, -0.1) is 0 Å². The SMILES string of the molecule is CCC(CCC(C)C(N)=O)C(=O)OCCO. The summed E-state index contributed by atoms with van der Waals surface area (Å²) < 4.78 is 4.83. The van der Waals surface area contributed by atoms with Gasteiger partial charge in [0.1, 0.15) is 6.61 Å². The maximum Gasteiger partial charge on any atom is 0.308 e. The van der Waals surface area contributed by atoms with Gasteiger partial charge in [-0.3, -0.25) is 9.59 Å². The zero-order valence-corrected chi connectivity index (χ0v) is 9.94. The molecule has 0 saturated carbocycles. The van der Waals surface area contributed by atoms with E-state index in [4.69, 9.17) is 15.6 Å². The van der Waals surface area contributed by atoms with Gasteiger partial charge in [-0.2, -0.15) is 0 Å². The molecule has 0 saturated heterocycles. The smallest absolute Gasteiger partial charge is 0.308 e. The van der Waals surface area contributed by atoms with Gasteiger partial charge in [0.15, 0.2) is 0 Å². The lowest BCUT2D eigenvalue weighted by atomic mass is 9.95. The molecule has 2 unspecified atom stereocenters. The van der Waals surface area contributed by atoms with Crippen LogP contribution in [-0.4, -0.2) is 30.2 Å². The van der Waals surface area contributed by atoms with Gasteiger partial charge in [-0.25, -0.2) is 0 Å². The second-order valence-electron chi connectivity index (χ2n) is 3.88. The highest BCUT2D eigenvalue weighted by atomic mass is 16.5. The number of aliphatic hydroxyl groups excluding tert-OH is 1. The minimum atomic E-state index is -0.349. The monoisotopic (exact) mass is 231 g/mol. The predicted octanol–water partition coefficient (Wildman–Crippen LogP) is 0.450. The maximum absolute atomic E-state index is 11.5. The number of carbonyl (C=O) groups is 2. The predicted molar refractivity (Wildman–Crippen MR) is 59.4 cm³/mol. The number of hydrogen-bond acceptors (Lipinski definition) is 4. The minimum absolute atomic E-state index is 0.0285. The first-order valence-corrected chi connectivity index (χ1v) is 5.59. The Balaban J connectivity index is 3.99. The quantitative estimate of drug-likeness (QED) is 0.593. The Morgan fingerprint density at radius 2 is 2.00 bits per heavy atom. The summed E-state index contributed by atoms with van der Waals surface area (Å²) in [4.78, 5) is 22.3. The lowest BCUT2D eigenvalue weighted by Gasteiger charge is -2.15.